The number of benzene rings is 3. The van der Waals surface area contributed by atoms with Gasteiger partial charge in [0.1, 0.15) is 12.2 Å². The van der Waals surface area contributed by atoms with Crippen molar-refractivity contribution in [2.45, 2.75) is 51.0 Å². The van der Waals surface area contributed by atoms with E-state index in [4.69, 9.17) is 23.3 Å². The highest BCUT2D eigenvalue weighted by atomic mass is 31.2. The van der Waals surface area contributed by atoms with Crippen molar-refractivity contribution < 1.29 is 32.6 Å². The quantitative estimate of drug-likeness (QED) is 0.239. The van der Waals surface area contributed by atoms with Gasteiger partial charge in [0, 0.05) is 21.1 Å². The van der Waals surface area contributed by atoms with Crippen molar-refractivity contribution in [2.24, 2.45) is 0 Å². The normalized spacial score (nSPS) is 21.0. The van der Waals surface area contributed by atoms with Crippen LogP contribution in [0.2, 0.25) is 0 Å². The minimum atomic E-state index is -3.51. The van der Waals surface area contributed by atoms with Crippen molar-refractivity contribution in [1.29, 1.82) is 0 Å². The molecule has 9 heteroatoms. The summed E-state index contributed by atoms with van der Waals surface area (Å²) in [4.78, 5) is 14.9. The van der Waals surface area contributed by atoms with Crippen LogP contribution in [-0.4, -0.2) is 62.1 Å². The summed E-state index contributed by atoms with van der Waals surface area (Å²) >= 11 is 0. The SMILES string of the molecule is COP(=O)(C[C@@H]1[C@@H](OCc2ccccc2)[C@H](OCc2ccccc2)[C@@H](COCc2ccccc2)N1C(C)=O)OC. The summed E-state index contributed by atoms with van der Waals surface area (Å²) in [5.74, 6) is -0.198. The Morgan fingerprint density at radius 3 is 1.55 bits per heavy atom. The standard InChI is InChI=1S/C31H38NO7P/c1-24(33)32-28(22-37-19-25-13-7-4-8-14-25)30(38-20-26-15-9-5-10-16-26)31(29(32)23-40(34,35-2)36-3)39-21-27-17-11-6-12-18-27/h4-18,28-31H,19-23H2,1-3H3/t28-,29-,30-,31-/m1/s1. The minimum absolute atomic E-state index is 0.0422. The van der Waals surface area contributed by atoms with Crippen LogP contribution in [-0.2, 0) is 52.4 Å². The second kappa shape index (κ2) is 14.7. The Morgan fingerprint density at radius 1 is 0.700 bits per heavy atom. The number of hydrogen-bond donors (Lipinski definition) is 0. The van der Waals surface area contributed by atoms with Gasteiger partial charge >= 0.3 is 7.60 Å². The van der Waals surface area contributed by atoms with Crippen LogP contribution in [0.25, 0.3) is 0 Å². The second-order valence-electron chi connectivity index (χ2n) is 9.74. The number of ether oxygens (including phenoxy) is 3. The molecule has 0 aliphatic carbocycles. The number of nitrogens with zero attached hydrogens (tertiary/aromatic N) is 1. The van der Waals surface area contributed by atoms with Crippen LogP contribution in [0.15, 0.2) is 91.0 Å². The minimum Gasteiger partial charge on any atom is -0.375 e. The van der Waals surface area contributed by atoms with E-state index in [2.05, 4.69) is 0 Å². The van der Waals surface area contributed by atoms with Gasteiger partial charge in [-0.15, -0.1) is 0 Å². The summed E-state index contributed by atoms with van der Waals surface area (Å²) in [7, 11) is -0.818. The van der Waals surface area contributed by atoms with Crippen LogP contribution in [0.4, 0.5) is 0 Å². The molecule has 1 amide bonds. The zero-order valence-corrected chi connectivity index (χ0v) is 24.2. The van der Waals surface area contributed by atoms with Gasteiger partial charge in [0.15, 0.2) is 0 Å². The summed E-state index contributed by atoms with van der Waals surface area (Å²) in [6.07, 6.45) is -1.22. The summed E-state index contributed by atoms with van der Waals surface area (Å²) in [5.41, 5.74) is 2.99. The lowest BCUT2D eigenvalue weighted by atomic mass is 10.1. The number of carbonyl (C=O) groups excluding carboxylic acids is 1. The van der Waals surface area contributed by atoms with Crippen molar-refractivity contribution in [3.8, 4) is 0 Å². The zero-order valence-electron chi connectivity index (χ0n) is 23.3. The van der Waals surface area contributed by atoms with Gasteiger partial charge < -0.3 is 28.2 Å². The summed E-state index contributed by atoms with van der Waals surface area (Å²) in [6, 6.07) is 28.3. The maximum absolute atomic E-state index is 13.4. The van der Waals surface area contributed by atoms with Crippen molar-refractivity contribution >= 4 is 13.5 Å². The Bertz CT molecular complexity index is 1220. The number of rotatable bonds is 14. The molecule has 0 unspecified atom stereocenters. The number of hydrogen-bond acceptors (Lipinski definition) is 7. The zero-order chi connectivity index (χ0) is 28.4. The van der Waals surface area contributed by atoms with E-state index in [0.29, 0.717) is 19.8 Å². The number of amides is 1. The van der Waals surface area contributed by atoms with Gasteiger partial charge in [0.2, 0.25) is 5.91 Å². The Morgan fingerprint density at radius 2 is 1.12 bits per heavy atom. The molecule has 40 heavy (non-hydrogen) atoms. The Balaban J connectivity index is 1.65. The lowest BCUT2D eigenvalue weighted by molar-refractivity contribution is -0.134. The van der Waals surface area contributed by atoms with Crippen molar-refractivity contribution in [2.75, 3.05) is 27.0 Å². The average molecular weight is 568 g/mol. The third kappa shape index (κ3) is 7.88. The fourth-order valence-corrected chi connectivity index (χ4v) is 6.39. The molecule has 1 aliphatic rings. The molecule has 0 aromatic heterocycles. The van der Waals surface area contributed by atoms with Gasteiger partial charge in [0.05, 0.1) is 44.7 Å². The van der Waals surface area contributed by atoms with Gasteiger partial charge in [-0.25, -0.2) is 0 Å². The van der Waals surface area contributed by atoms with E-state index in [1.807, 2.05) is 91.0 Å². The molecule has 0 saturated carbocycles. The van der Waals surface area contributed by atoms with Crippen LogP contribution in [0.1, 0.15) is 23.6 Å². The summed E-state index contributed by atoms with van der Waals surface area (Å²) < 4.78 is 43.1. The maximum atomic E-state index is 13.4. The van der Waals surface area contributed by atoms with Crippen molar-refractivity contribution in [3.63, 3.8) is 0 Å². The van der Waals surface area contributed by atoms with Gasteiger partial charge in [-0.1, -0.05) is 91.0 Å². The summed E-state index contributed by atoms with van der Waals surface area (Å²) in [5, 5.41) is 0. The molecule has 0 spiro atoms. The first-order chi connectivity index (χ1) is 19.4. The highest BCUT2D eigenvalue weighted by molar-refractivity contribution is 7.53. The first-order valence-electron chi connectivity index (χ1n) is 13.4. The predicted octanol–water partition coefficient (Wildman–Crippen LogP) is 5.46. The highest BCUT2D eigenvalue weighted by Crippen LogP contribution is 2.50. The Labute approximate surface area is 236 Å². The Kier molecular flexibility index (Phi) is 11.1. The summed E-state index contributed by atoms with van der Waals surface area (Å²) in [6.45, 7) is 2.69. The van der Waals surface area contributed by atoms with E-state index in [0.717, 1.165) is 16.7 Å². The topological polar surface area (TPSA) is 83.5 Å². The third-order valence-corrected chi connectivity index (χ3v) is 9.03. The molecule has 4 rings (SSSR count). The molecule has 3 aromatic rings. The first kappa shape index (κ1) is 30.1. The van der Waals surface area contributed by atoms with Crippen LogP contribution in [0.3, 0.4) is 0 Å². The molecular formula is C31H38NO7P. The molecular weight excluding hydrogens is 529 g/mol. The maximum Gasteiger partial charge on any atom is 0.332 e. The van der Waals surface area contributed by atoms with E-state index in [1.165, 1.54) is 21.1 Å². The molecule has 8 nitrogen and oxygen atoms in total. The molecule has 1 aliphatic heterocycles. The average Bonchev–Trinajstić information content (AvgIpc) is 3.27. The largest absolute Gasteiger partial charge is 0.375 e. The lowest BCUT2D eigenvalue weighted by Crippen LogP contribution is -2.46. The highest BCUT2D eigenvalue weighted by Gasteiger charge is 2.54. The lowest BCUT2D eigenvalue weighted by Gasteiger charge is -2.31. The molecule has 214 valence electrons. The van der Waals surface area contributed by atoms with Gasteiger partial charge in [-0.2, -0.15) is 0 Å². The fourth-order valence-electron chi connectivity index (χ4n) is 5.10. The molecule has 1 saturated heterocycles. The predicted molar refractivity (Wildman–Crippen MR) is 153 cm³/mol. The molecule has 0 radical (unpaired) electrons. The molecule has 1 heterocycles. The second-order valence-corrected chi connectivity index (χ2v) is 12.1. The van der Waals surface area contributed by atoms with Gasteiger partial charge in [-0.3, -0.25) is 9.36 Å². The van der Waals surface area contributed by atoms with E-state index in [9.17, 15) is 9.36 Å². The molecule has 0 bridgehead atoms. The van der Waals surface area contributed by atoms with Crippen molar-refractivity contribution in [1.82, 2.24) is 4.90 Å². The monoisotopic (exact) mass is 567 g/mol. The van der Waals surface area contributed by atoms with E-state index >= 15 is 0 Å². The fraction of sp³-hybridized carbons (Fsp3) is 0.387. The number of likely N-dealkylation sites (tertiary alicyclic amines) is 1. The molecule has 3 aromatic carbocycles. The van der Waals surface area contributed by atoms with Crippen LogP contribution in [0, 0.1) is 0 Å². The van der Waals surface area contributed by atoms with Gasteiger partial charge in [-0.05, 0) is 16.7 Å². The van der Waals surface area contributed by atoms with Crippen LogP contribution < -0.4 is 0 Å². The first-order valence-corrected chi connectivity index (χ1v) is 15.1. The van der Waals surface area contributed by atoms with E-state index in [1.54, 1.807) is 4.90 Å². The van der Waals surface area contributed by atoms with Crippen LogP contribution >= 0.6 is 7.60 Å². The van der Waals surface area contributed by atoms with E-state index < -0.39 is 31.9 Å². The number of carbonyl (C=O) groups is 1. The molecule has 4 atom stereocenters. The van der Waals surface area contributed by atoms with Crippen LogP contribution in [0.5, 0.6) is 0 Å². The van der Waals surface area contributed by atoms with E-state index in [-0.39, 0.29) is 18.7 Å². The smallest absolute Gasteiger partial charge is 0.332 e. The Hall–Kier alpha value is -2.84. The third-order valence-electron chi connectivity index (χ3n) is 7.10. The molecule has 0 N–H and O–H groups in total. The van der Waals surface area contributed by atoms with Crippen molar-refractivity contribution in [3.05, 3.63) is 108 Å². The van der Waals surface area contributed by atoms with Gasteiger partial charge in [0.25, 0.3) is 0 Å². The molecule has 1 fully saturated rings.